The molecule has 1 amide bonds. The molecule has 1 atom stereocenters. The number of hydrogen-bond acceptors (Lipinski definition) is 3. The van der Waals surface area contributed by atoms with Gasteiger partial charge >= 0.3 is 5.97 Å². The number of aryl methyl sites for hydroxylation is 1. The Labute approximate surface area is 103 Å². The van der Waals surface area contributed by atoms with E-state index in [0.717, 1.165) is 5.56 Å². The number of aliphatic hydroxyl groups is 1. The number of carbonyl (C=O) groups excluding carboxylic acids is 1. The normalized spacial score (nSPS) is 11.9. The van der Waals surface area contributed by atoms with Gasteiger partial charge in [0.05, 0.1) is 17.2 Å². The molecule has 0 aliphatic rings. The van der Waals surface area contributed by atoms with E-state index >= 15 is 0 Å². The maximum atomic E-state index is 11.7. The first-order valence-electron chi connectivity index (χ1n) is 4.86. The molecule has 0 saturated heterocycles. The highest BCUT2D eigenvalue weighted by Crippen LogP contribution is 2.17. The summed E-state index contributed by atoms with van der Waals surface area (Å²) in [6.45, 7) is 1.14. The van der Waals surface area contributed by atoms with Gasteiger partial charge < -0.3 is 15.5 Å². The second-order valence-electron chi connectivity index (χ2n) is 3.53. The number of halogens is 1. The van der Waals surface area contributed by atoms with E-state index in [-0.39, 0.29) is 10.6 Å². The van der Waals surface area contributed by atoms with E-state index in [1.165, 1.54) is 6.07 Å². The van der Waals surface area contributed by atoms with Crippen molar-refractivity contribution in [1.82, 2.24) is 5.32 Å². The lowest BCUT2D eigenvalue weighted by atomic mass is 10.1. The Morgan fingerprint density at radius 1 is 1.47 bits per heavy atom. The minimum Gasteiger partial charge on any atom is -0.480 e. The quantitative estimate of drug-likeness (QED) is 0.745. The predicted molar refractivity (Wildman–Crippen MR) is 62.2 cm³/mol. The minimum atomic E-state index is -1.33. The lowest BCUT2D eigenvalue weighted by Gasteiger charge is -2.12. The van der Waals surface area contributed by atoms with Crippen LogP contribution in [-0.2, 0) is 4.79 Å². The number of carbonyl (C=O) groups is 2. The van der Waals surface area contributed by atoms with E-state index in [9.17, 15) is 9.59 Å². The highest BCUT2D eigenvalue weighted by molar-refractivity contribution is 6.33. The van der Waals surface area contributed by atoms with Gasteiger partial charge in [0.15, 0.2) is 6.04 Å². The van der Waals surface area contributed by atoms with Crippen molar-refractivity contribution in [3.63, 3.8) is 0 Å². The molecule has 1 rings (SSSR count). The van der Waals surface area contributed by atoms with Gasteiger partial charge in [-0.25, -0.2) is 4.79 Å². The van der Waals surface area contributed by atoms with Crippen molar-refractivity contribution in [2.45, 2.75) is 13.0 Å². The SMILES string of the molecule is Cc1ccc(C(=O)N[C@@H](CO)C(=O)O)c(Cl)c1. The first-order valence-corrected chi connectivity index (χ1v) is 5.24. The van der Waals surface area contributed by atoms with Gasteiger partial charge in [-0.15, -0.1) is 0 Å². The summed E-state index contributed by atoms with van der Waals surface area (Å²) in [7, 11) is 0. The molecule has 0 radical (unpaired) electrons. The number of carboxylic acids is 1. The van der Waals surface area contributed by atoms with Gasteiger partial charge in [-0.3, -0.25) is 4.79 Å². The molecule has 5 nitrogen and oxygen atoms in total. The topological polar surface area (TPSA) is 86.6 Å². The second kappa shape index (κ2) is 5.65. The second-order valence-corrected chi connectivity index (χ2v) is 3.94. The van der Waals surface area contributed by atoms with Crippen LogP contribution in [0.15, 0.2) is 18.2 Å². The number of aliphatic hydroxyl groups excluding tert-OH is 1. The van der Waals surface area contributed by atoms with Crippen LogP contribution in [0.3, 0.4) is 0 Å². The number of rotatable bonds is 4. The summed E-state index contributed by atoms with van der Waals surface area (Å²) < 4.78 is 0. The van der Waals surface area contributed by atoms with Gasteiger partial charge in [0.25, 0.3) is 5.91 Å². The predicted octanol–water partition coefficient (Wildman–Crippen LogP) is 0.824. The van der Waals surface area contributed by atoms with E-state index in [1.54, 1.807) is 12.1 Å². The zero-order chi connectivity index (χ0) is 13.0. The molecule has 3 N–H and O–H groups in total. The average molecular weight is 258 g/mol. The Hall–Kier alpha value is -1.59. The molecule has 17 heavy (non-hydrogen) atoms. The fourth-order valence-corrected chi connectivity index (χ4v) is 1.55. The van der Waals surface area contributed by atoms with Crippen molar-refractivity contribution in [3.8, 4) is 0 Å². The molecule has 0 spiro atoms. The molecule has 0 unspecified atom stereocenters. The monoisotopic (exact) mass is 257 g/mol. The minimum absolute atomic E-state index is 0.178. The van der Waals surface area contributed by atoms with E-state index in [4.69, 9.17) is 21.8 Å². The van der Waals surface area contributed by atoms with Crippen LogP contribution in [0, 0.1) is 6.92 Å². The molecule has 0 fully saturated rings. The summed E-state index contributed by atoms with van der Waals surface area (Å²) in [6, 6.07) is 3.46. The van der Waals surface area contributed by atoms with Crippen molar-refractivity contribution in [1.29, 1.82) is 0 Å². The number of aliphatic carboxylic acids is 1. The Kier molecular flexibility index (Phi) is 4.48. The molecule has 0 aromatic heterocycles. The van der Waals surface area contributed by atoms with E-state index in [0.29, 0.717) is 0 Å². The zero-order valence-corrected chi connectivity index (χ0v) is 9.86. The fraction of sp³-hybridized carbons (Fsp3) is 0.273. The Balaban J connectivity index is 2.86. The molecule has 0 bridgehead atoms. The van der Waals surface area contributed by atoms with Gasteiger partial charge in [-0.2, -0.15) is 0 Å². The lowest BCUT2D eigenvalue weighted by Crippen LogP contribution is -2.43. The highest BCUT2D eigenvalue weighted by Gasteiger charge is 2.20. The summed E-state index contributed by atoms with van der Waals surface area (Å²) in [4.78, 5) is 22.3. The van der Waals surface area contributed by atoms with Crippen LogP contribution in [0.4, 0.5) is 0 Å². The molecule has 0 aliphatic carbocycles. The third-order valence-electron chi connectivity index (χ3n) is 2.16. The van der Waals surface area contributed by atoms with Crippen LogP contribution < -0.4 is 5.32 Å². The highest BCUT2D eigenvalue weighted by atomic mass is 35.5. The Morgan fingerprint density at radius 3 is 2.59 bits per heavy atom. The van der Waals surface area contributed by atoms with E-state index in [1.807, 2.05) is 6.92 Å². The third-order valence-corrected chi connectivity index (χ3v) is 2.47. The van der Waals surface area contributed by atoms with Gasteiger partial charge in [0.1, 0.15) is 0 Å². The average Bonchev–Trinajstić information content (AvgIpc) is 2.24. The van der Waals surface area contributed by atoms with Gasteiger partial charge in [-0.1, -0.05) is 17.7 Å². The molecule has 0 aliphatic heterocycles. The van der Waals surface area contributed by atoms with Crippen molar-refractivity contribution in [3.05, 3.63) is 34.3 Å². The Bertz CT molecular complexity index is 447. The van der Waals surface area contributed by atoms with Gasteiger partial charge in [0.2, 0.25) is 0 Å². The standard InChI is InChI=1S/C11H12ClNO4/c1-6-2-3-7(8(12)4-6)10(15)13-9(5-14)11(16)17/h2-4,9,14H,5H2,1H3,(H,13,15)(H,16,17)/t9-/m0/s1. The molecular formula is C11H12ClNO4. The van der Waals surface area contributed by atoms with Crippen LogP contribution in [0.5, 0.6) is 0 Å². The number of hydrogen-bond donors (Lipinski definition) is 3. The first kappa shape index (κ1) is 13.5. The van der Waals surface area contributed by atoms with Gasteiger partial charge in [0, 0.05) is 0 Å². The van der Waals surface area contributed by atoms with Crippen LogP contribution in [-0.4, -0.2) is 34.7 Å². The van der Waals surface area contributed by atoms with Crippen LogP contribution in [0.2, 0.25) is 5.02 Å². The lowest BCUT2D eigenvalue weighted by molar-refractivity contribution is -0.140. The fourth-order valence-electron chi connectivity index (χ4n) is 1.23. The molecule has 92 valence electrons. The zero-order valence-electron chi connectivity index (χ0n) is 9.11. The number of carboxylic acid groups (broad SMARTS) is 1. The Morgan fingerprint density at radius 2 is 2.12 bits per heavy atom. The summed E-state index contributed by atoms with van der Waals surface area (Å²) >= 11 is 5.86. The summed E-state index contributed by atoms with van der Waals surface area (Å²) in [6.07, 6.45) is 0. The molecule has 0 saturated carbocycles. The molecule has 0 heterocycles. The van der Waals surface area contributed by atoms with Gasteiger partial charge in [-0.05, 0) is 24.6 Å². The van der Waals surface area contributed by atoms with E-state index < -0.39 is 24.5 Å². The van der Waals surface area contributed by atoms with E-state index in [2.05, 4.69) is 5.32 Å². The van der Waals surface area contributed by atoms with Crippen molar-refractivity contribution >= 4 is 23.5 Å². The largest absolute Gasteiger partial charge is 0.480 e. The first-order chi connectivity index (χ1) is 7.95. The van der Waals surface area contributed by atoms with Crippen LogP contribution in [0.1, 0.15) is 15.9 Å². The third kappa shape index (κ3) is 3.44. The van der Waals surface area contributed by atoms with Crippen LogP contribution >= 0.6 is 11.6 Å². The smallest absolute Gasteiger partial charge is 0.328 e. The maximum Gasteiger partial charge on any atom is 0.328 e. The molecule has 6 heteroatoms. The molecular weight excluding hydrogens is 246 g/mol. The van der Waals surface area contributed by atoms with Crippen molar-refractivity contribution < 1.29 is 19.8 Å². The summed E-state index contributed by atoms with van der Waals surface area (Å²) in [5, 5.41) is 19.9. The molecule has 1 aromatic carbocycles. The maximum absolute atomic E-state index is 11.7. The van der Waals surface area contributed by atoms with Crippen molar-refractivity contribution in [2.24, 2.45) is 0 Å². The summed E-state index contributed by atoms with van der Waals surface area (Å²) in [5.41, 5.74) is 1.07. The summed E-state index contributed by atoms with van der Waals surface area (Å²) in [5.74, 6) is -1.93. The number of benzene rings is 1. The van der Waals surface area contributed by atoms with Crippen LogP contribution in [0.25, 0.3) is 0 Å². The number of amides is 1. The number of nitrogens with one attached hydrogen (secondary N) is 1. The van der Waals surface area contributed by atoms with Crippen molar-refractivity contribution in [2.75, 3.05) is 6.61 Å². The molecule has 1 aromatic rings.